The molecule has 0 aliphatic heterocycles. The number of phenolic OH excluding ortho intramolecular Hbond substituents is 2. The van der Waals surface area contributed by atoms with Crippen molar-refractivity contribution in [2.45, 2.75) is 38.5 Å². The first kappa shape index (κ1) is 18.1. The van der Waals surface area contributed by atoms with Gasteiger partial charge in [-0.3, -0.25) is 4.79 Å². The van der Waals surface area contributed by atoms with Crippen LogP contribution in [0.2, 0.25) is 0 Å². The summed E-state index contributed by atoms with van der Waals surface area (Å²) in [6.45, 7) is 0. The van der Waals surface area contributed by atoms with Crippen molar-refractivity contribution >= 4 is 11.5 Å². The summed E-state index contributed by atoms with van der Waals surface area (Å²) in [5, 5.41) is 28.5. The molecular weight excluding hydrogens is 328 g/mol. The summed E-state index contributed by atoms with van der Waals surface area (Å²) in [6, 6.07) is 14.1. The van der Waals surface area contributed by atoms with Gasteiger partial charge in [0.2, 0.25) is 0 Å². The number of rotatable bonds is 6. The Kier molecular flexibility index (Phi) is 5.61. The normalized spacial score (nSPS) is 14.3. The minimum absolute atomic E-state index is 0.103. The van der Waals surface area contributed by atoms with Crippen LogP contribution < -0.4 is 0 Å². The van der Waals surface area contributed by atoms with E-state index in [0.717, 1.165) is 29.5 Å². The van der Waals surface area contributed by atoms with E-state index in [9.17, 15) is 20.1 Å². The lowest BCUT2D eigenvalue weighted by Gasteiger charge is -2.21. The van der Waals surface area contributed by atoms with Gasteiger partial charge in [-0.2, -0.15) is 0 Å². The molecule has 0 aromatic heterocycles. The molecule has 4 nitrogen and oxygen atoms in total. The fraction of sp³-hybridized carbons (Fsp3) is 0.318. The minimum atomic E-state index is -0.795. The van der Waals surface area contributed by atoms with Crippen molar-refractivity contribution < 1.29 is 20.1 Å². The van der Waals surface area contributed by atoms with Crippen LogP contribution in [0.25, 0.3) is 5.57 Å². The first-order valence-electron chi connectivity index (χ1n) is 9.08. The average Bonchev–Trinajstić information content (AvgIpc) is 3.15. The predicted molar refractivity (Wildman–Crippen MR) is 101 cm³/mol. The van der Waals surface area contributed by atoms with Gasteiger partial charge in [0.1, 0.15) is 11.5 Å². The van der Waals surface area contributed by atoms with Crippen LogP contribution in [-0.2, 0) is 4.79 Å². The predicted octanol–water partition coefficient (Wildman–Crippen LogP) is 4.95. The molecule has 3 rings (SSSR count). The summed E-state index contributed by atoms with van der Waals surface area (Å²) in [7, 11) is 0. The van der Waals surface area contributed by atoms with Crippen LogP contribution in [-0.4, -0.2) is 21.3 Å². The van der Waals surface area contributed by atoms with Gasteiger partial charge in [-0.15, -0.1) is 0 Å². The summed E-state index contributed by atoms with van der Waals surface area (Å²) in [4.78, 5) is 11.2. The van der Waals surface area contributed by atoms with E-state index in [1.54, 1.807) is 24.3 Å². The number of carboxylic acid groups (broad SMARTS) is 1. The molecule has 3 N–H and O–H groups in total. The van der Waals surface area contributed by atoms with Gasteiger partial charge >= 0.3 is 5.97 Å². The molecule has 1 saturated carbocycles. The van der Waals surface area contributed by atoms with E-state index in [2.05, 4.69) is 0 Å². The van der Waals surface area contributed by atoms with Crippen LogP contribution in [0.15, 0.2) is 54.1 Å². The number of carboxylic acids is 1. The molecule has 26 heavy (non-hydrogen) atoms. The van der Waals surface area contributed by atoms with Gasteiger partial charge in [0, 0.05) is 6.42 Å². The summed E-state index contributed by atoms with van der Waals surface area (Å²) < 4.78 is 0. The summed E-state index contributed by atoms with van der Waals surface area (Å²) >= 11 is 0. The SMILES string of the molecule is O=C(O)CCC(=C(c1ccc(O)cc1)c1ccc(O)cc1)C1CCCC1. The molecule has 0 amide bonds. The van der Waals surface area contributed by atoms with Crippen LogP contribution >= 0.6 is 0 Å². The molecule has 0 radical (unpaired) electrons. The largest absolute Gasteiger partial charge is 0.508 e. The number of hydrogen-bond donors (Lipinski definition) is 3. The van der Waals surface area contributed by atoms with Crippen molar-refractivity contribution in [3.05, 3.63) is 65.2 Å². The zero-order valence-electron chi connectivity index (χ0n) is 14.7. The van der Waals surface area contributed by atoms with Crippen molar-refractivity contribution in [1.29, 1.82) is 0 Å². The highest BCUT2D eigenvalue weighted by molar-refractivity contribution is 5.83. The van der Waals surface area contributed by atoms with Gasteiger partial charge in [-0.05, 0) is 66.1 Å². The number of phenols is 2. The van der Waals surface area contributed by atoms with Gasteiger partial charge in [0.05, 0.1) is 0 Å². The third-order valence-electron chi connectivity index (χ3n) is 5.09. The maximum absolute atomic E-state index is 11.2. The van der Waals surface area contributed by atoms with Crippen LogP contribution in [0.4, 0.5) is 0 Å². The standard InChI is InChI=1S/C22H24O4/c23-18-9-5-16(6-10-18)22(17-7-11-19(24)12-8-17)20(13-14-21(25)26)15-3-1-2-4-15/h5-12,15,23-24H,1-4,13-14H2,(H,25,26). The first-order valence-corrected chi connectivity index (χ1v) is 9.08. The molecule has 136 valence electrons. The third-order valence-corrected chi connectivity index (χ3v) is 5.09. The van der Waals surface area contributed by atoms with E-state index in [-0.39, 0.29) is 17.9 Å². The Hall–Kier alpha value is -2.75. The number of carbonyl (C=O) groups is 1. The lowest BCUT2D eigenvalue weighted by atomic mass is 9.83. The van der Waals surface area contributed by atoms with Crippen molar-refractivity contribution in [1.82, 2.24) is 0 Å². The Morgan fingerprint density at radius 2 is 1.27 bits per heavy atom. The molecule has 1 aliphatic rings. The van der Waals surface area contributed by atoms with E-state index in [1.807, 2.05) is 24.3 Å². The number of aromatic hydroxyl groups is 2. The molecule has 0 spiro atoms. The van der Waals surface area contributed by atoms with Gasteiger partial charge in [0.15, 0.2) is 0 Å². The molecule has 2 aromatic rings. The topological polar surface area (TPSA) is 77.8 Å². The Bertz CT molecular complexity index is 734. The smallest absolute Gasteiger partial charge is 0.303 e. The van der Waals surface area contributed by atoms with Crippen LogP contribution in [0.3, 0.4) is 0 Å². The van der Waals surface area contributed by atoms with Crippen LogP contribution in [0.5, 0.6) is 11.5 Å². The van der Waals surface area contributed by atoms with Gasteiger partial charge in [-0.25, -0.2) is 0 Å². The second-order valence-corrected chi connectivity index (χ2v) is 6.87. The fourth-order valence-electron chi connectivity index (χ4n) is 3.84. The number of aliphatic carboxylic acids is 1. The van der Waals surface area contributed by atoms with E-state index in [1.165, 1.54) is 18.4 Å². The van der Waals surface area contributed by atoms with Gasteiger partial charge in [0.25, 0.3) is 0 Å². The molecule has 0 atom stereocenters. The first-order chi connectivity index (χ1) is 12.5. The maximum atomic E-state index is 11.2. The molecule has 4 heteroatoms. The van der Waals surface area contributed by atoms with Crippen molar-refractivity contribution in [2.75, 3.05) is 0 Å². The number of allylic oxidation sites excluding steroid dienone is 1. The lowest BCUT2D eigenvalue weighted by molar-refractivity contribution is -0.136. The molecule has 0 bridgehead atoms. The van der Waals surface area contributed by atoms with E-state index < -0.39 is 5.97 Å². The molecule has 0 unspecified atom stereocenters. The van der Waals surface area contributed by atoms with Crippen molar-refractivity contribution in [2.24, 2.45) is 5.92 Å². The maximum Gasteiger partial charge on any atom is 0.303 e. The summed E-state index contributed by atoms with van der Waals surface area (Å²) in [5.74, 6) is -0.0123. The number of benzene rings is 2. The zero-order valence-corrected chi connectivity index (χ0v) is 14.7. The van der Waals surface area contributed by atoms with E-state index in [0.29, 0.717) is 12.3 Å². The number of hydrogen-bond acceptors (Lipinski definition) is 3. The average molecular weight is 352 g/mol. The lowest BCUT2D eigenvalue weighted by Crippen LogP contribution is -2.07. The van der Waals surface area contributed by atoms with Crippen LogP contribution in [0.1, 0.15) is 49.7 Å². The Labute approximate surface area is 153 Å². The highest BCUT2D eigenvalue weighted by Gasteiger charge is 2.24. The van der Waals surface area contributed by atoms with Gasteiger partial charge < -0.3 is 15.3 Å². The molecule has 0 saturated heterocycles. The van der Waals surface area contributed by atoms with Crippen LogP contribution in [0, 0.1) is 5.92 Å². The van der Waals surface area contributed by atoms with Gasteiger partial charge in [-0.1, -0.05) is 42.7 Å². The van der Waals surface area contributed by atoms with Crippen molar-refractivity contribution in [3.63, 3.8) is 0 Å². The molecule has 1 aliphatic carbocycles. The van der Waals surface area contributed by atoms with E-state index >= 15 is 0 Å². The summed E-state index contributed by atoms with van der Waals surface area (Å²) in [5.41, 5.74) is 4.11. The quantitative estimate of drug-likeness (QED) is 0.687. The molecule has 2 aromatic carbocycles. The van der Waals surface area contributed by atoms with Crippen molar-refractivity contribution in [3.8, 4) is 11.5 Å². The second kappa shape index (κ2) is 8.09. The Balaban J connectivity index is 2.15. The highest BCUT2D eigenvalue weighted by atomic mass is 16.4. The molecule has 0 heterocycles. The second-order valence-electron chi connectivity index (χ2n) is 6.87. The highest BCUT2D eigenvalue weighted by Crippen LogP contribution is 2.40. The minimum Gasteiger partial charge on any atom is -0.508 e. The Morgan fingerprint density at radius 1 is 0.808 bits per heavy atom. The fourth-order valence-corrected chi connectivity index (χ4v) is 3.84. The third kappa shape index (κ3) is 4.26. The summed E-state index contributed by atoms with van der Waals surface area (Å²) in [6.07, 6.45) is 5.10. The molecule has 1 fully saturated rings. The molecular formula is C22H24O4. The monoisotopic (exact) mass is 352 g/mol. The zero-order chi connectivity index (χ0) is 18.5. The van der Waals surface area contributed by atoms with E-state index in [4.69, 9.17) is 0 Å². The Morgan fingerprint density at radius 3 is 1.69 bits per heavy atom.